The van der Waals surface area contributed by atoms with Gasteiger partial charge in [-0.1, -0.05) is 0 Å². The van der Waals surface area contributed by atoms with E-state index in [0.29, 0.717) is 45.9 Å². The molecule has 36 heavy (non-hydrogen) atoms. The number of amides is 1. The lowest BCUT2D eigenvalue weighted by Gasteiger charge is -2.25. The summed E-state index contributed by atoms with van der Waals surface area (Å²) < 4.78 is 44.9. The number of nitrogens with zero attached hydrogens (tertiary/aromatic N) is 5. The summed E-state index contributed by atoms with van der Waals surface area (Å²) in [6.45, 7) is 2.20. The van der Waals surface area contributed by atoms with Gasteiger partial charge in [0.2, 0.25) is 11.6 Å². The number of sulfone groups is 1. The highest BCUT2D eigenvalue weighted by atomic mass is 32.2. The molecular weight excluding hydrogens is 485 g/mol. The SMILES string of the molecule is CC(=O)N1C=C(c2cc3c(-c4cn(C5CS(=O)(=O)C5)nc4-c4ccc(F)cc4)ncnc3o2)CCC1. The molecule has 0 radical (unpaired) electrons. The Morgan fingerprint density at radius 1 is 1.14 bits per heavy atom. The van der Waals surface area contributed by atoms with Crippen molar-refractivity contribution in [1.29, 1.82) is 0 Å². The normalized spacial score (nSPS) is 17.7. The molecule has 2 aliphatic rings. The fourth-order valence-corrected chi connectivity index (χ4v) is 6.06. The molecule has 0 bridgehead atoms. The quantitative estimate of drug-likeness (QED) is 0.413. The number of carbonyl (C=O) groups excluding carboxylic acids is 1. The molecule has 11 heteroatoms. The molecule has 0 N–H and O–H groups in total. The first-order valence-corrected chi connectivity index (χ1v) is 13.4. The van der Waals surface area contributed by atoms with Crippen molar-refractivity contribution in [2.45, 2.75) is 25.8 Å². The first-order chi connectivity index (χ1) is 17.3. The maximum Gasteiger partial charge on any atom is 0.230 e. The predicted molar refractivity (Wildman–Crippen MR) is 131 cm³/mol. The van der Waals surface area contributed by atoms with E-state index in [9.17, 15) is 17.6 Å². The van der Waals surface area contributed by atoms with Crippen LogP contribution in [0.4, 0.5) is 4.39 Å². The van der Waals surface area contributed by atoms with Crippen LogP contribution in [0.25, 0.3) is 39.2 Å². The number of hydrogen-bond donors (Lipinski definition) is 0. The van der Waals surface area contributed by atoms with Crippen molar-refractivity contribution in [2.75, 3.05) is 18.1 Å². The molecule has 184 valence electrons. The lowest BCUT2D eigenvalue weighted by molar-refractivity contribution is -0.126. The number of halogens is 1. The van der Waals surface area contributed by atoms with E-state index >= 15 is 0 Å². The van der Waals surface area contributed by atoms with Gasteiger partial charge in [-0.2, -0.15) is 5.10 Å². The molecule has 0 aliphatic carbocycles. The van der Waals surface area contributed by atoms with Crippen LogP contribution < -0.4 is 0 Å². The number of aromatic nitrogens is 4. The standard InChI is InChI=1S/C25H22FN5O4S/c1-15(32)30-8-2-3-17(10-30)22-9-20-24(27-14-28-25(20)35-22)21-11-31(19-12-36(33,34)13-19)29-23(21)16-4-6-18(26)7-5-16/h4-7,9-11,14,19H,2-3,8,12-13H2,1H3. The second-order valence-electron chi connectivity index (χ2n) is 9.13. The molecule has 6 rings (SSSR count). The van der Waals surface area contributed by atoms with Crippen LogP contribution in [0.3, 0.4) is 0 Å². The molecule has 0 saturated carbocycles. The highest BCUT2D eigenvalue weighted by Gasteiger charge is 2.36. The van der Waals surface area contributed by atoms with Gasteiger partial charge in [0.25, 0.3) is 0 Å². The van der Waals surface area contributed by atoms with Crippen LogP contribution in [0.5, 0.6) is 0 Å². The summed E-state index contributed by atoms with van der Waals surface area (Å²) >= 11 is 0. The van der Waals surface area contributed by atoms with E-state index in [0.717, 1.165) is 18.4 Å². The molecule has 0 atom stereocenters. The third-order valence-electron chi connectivity index (χ3n) is 6.58. The Morgan fingerprint density at radius 3 is 2.64 bits per heavy atom. The van der Waals surface area contributed by atoms with Crippen molar-refractivity contribution < 1.29 is 22.0 Å². The Hall–Kier alpha value is -3.86. The van der Waals surface area contributed by atoms with Gasteiger partial charge in [-0.15, -0.1) is 0 Å². The van der Waals surface area contributed by atoms with Crippen LogP contribution in [0.15, 0.2) is 53.5 Å². The van der Waals surface area contributed by atoms with Gasteiger partial charge in [-0.3, -0.25) is 9.48 Å². The number of hydrogen-bond acceptors (Lipinski definition) is 7. The van der Waals surface area contributed by atoms with Gasteiger partial charge in [0.1, 0.15) is 23.6 Å². The molecule has 5 heterocycles. The van der Waals surface area contributed by atoms with Gasteiger partial charge in [0.05, 0.1) is 28.6 Å². The molecule has 0 spiro atoms. The zero-order valence-electron chi connectivity index (χ0n) is 19.4. The lowest BCUT2D eigenvalue weighted by Crippen LogP contribution is -2.38. The van der Waals surface area contributed by atoms with Crippen molar-refractivity contribution in [3.8, 4) is 22.5 Å². The van der Waals surface area contributed by atoms with Crippen LogP contribution in [0.1, 0.15) is 31.6 Å². The van der Waals surface area contributed by atoms with Crippen molar-refractivity contribution in [1.82, 2.24) is 24.6 Å². The number of carbonyl (C=O) groups is 1. The van der Waals surface area contributed by atoms with E-state index < -0.39 is 9.84 Å². The number of furan rings is 1. The van der Waals surface area contributed by atoms with Crippen LogP contribution in [-0.2, 0) is 14.6 Å². The average Bonchev–Trinajstić information content (AvgIpc) is 3.48. The number of benzene rings is 1. The van der Waals surface area contributed by atoms with E-state index in [4.69, 9.17) is 9.52 Å². The molecular formula is C25H22FN5O4S. The fourth-order valence-electron chi connectivity index (χ4n) is 4.68. The average molecular weight is 508 g/mol. The number of allylic oxidation sites excluding steroid dienone is 1. The van der Waals surface area contributed by atoms with Crippen LogP contribution in [0, 0.1) is 5.82 Å². The molecule has 1 amide bonds. The second kappa shape index (κ2) is 8.37. The summed E-state index contributed by atoms with van der Waals surface area (Å²) in [4.78, 5) is 22.4. The van der Waals surface area contributed by atoms with Crippen molar-refractivity contribution in [2.24, 2.45) is 0 Å². The van der Waals surface area contributed by atoms with Crippen molar-refractivity contribution >= 4 is 32.4 Å². The van der Waals surface area contributed by atoms with Crippen LogP contribution >= 0.6 is 0 Å². The van der Waals surface area contributed by atoms with Gasteiger partial charge >= 0.3 is 0 Å². The summed E-state index contributed by atoms with van der Waals surface area (Å²) in [7, 11) is -3.06. The summed E-state index contributed by atoms with van der Waals surface area (Å²) in [5.74, 6) is 0.255. The van der Waals surface area contributed by atoms with Crippen LogP contribution in [-0.4, -0.2) is 57.0 Å². The maximum absolute atomic E-state index is 13.6. The minimum Gasteiger partial charge on any atom is -0.438 e. The summed E-state index contributed by atoms with van der Waals surface area (Å²) in [5.41, 5.74) is 3.75. The molecule has 1 saturated heterocycles. The Labute approximate surface area is 206 Å². The van der Waals surface area contributed by atoms with Gasteiger partial charge < -0.3 is 9.32 Å². The number of fused-ring (bicyclic) bond motifs is 1. The summed E-state index contributed by atoms with van der Waals surface area (Å²) in [5, 5.41) is 5.35. The Kier molecular flexibility index (Phi) is 5.25. The molecule has 2 aliphatic heterocycles. The van der Waals surface area contributed by atoms with E-state index in [1.165, 1.54) is 25.4 Å². The largest absolute Gasteiger partial charge is 0.438 e. The summed E-state index contributed by atoms with van der Waals surface area (Å²) in [6.07, 6.45) is 6.59. The summed E-state index contributed by atoms with van der Waals surface area (Å²) in [6, 6.07) is 7.56. The van der Waals surface area contributed by atoms with Gasteiger partial charge in [0.15, 0.2) is 9.84 Å². The fraction of sp³-hybridized carbons (Fsp3) is 0.280. The van der Waals surface area contributed by atoms with E-state index in [1.54, 1.807) is 27.9 Å². The maximum atomic E-state index is 13.6. The van der Waals surface area contributed by atoms with E-state index in [2.05, 4.69) is 9.97 Å². The molecule has 1 aromatic carbocycles. The third-order valence-corrected chi connectivity index (χ3v) is 8.36. The minimum absolute atomic E-state index is 0.0207. The van der Waals surface area contributed by atoms with Crippen molar-refractivity contribution in [3.63, 3.8) is 0 Å². The highest BCUT2D eigenvalue weighted by Crippen LogP contribution is 2.38. The molecule has 1 fully saturated rings. The van der Waals surface area contributed by atoms with E-state index in [-0.39, 0.29) is 29.3 Å². The Balaban J connectivity index is 1.48. The first-order valence-electron chi connectivity index (χ1n) is 11.6. The zero-order chi connectivity index (χ0) is 25.0. The van der Waals surface area contributed by atoms with Gasteiger partial charge in [-0.05, 0) is 43.2 Å². The topological polar surface area (TPSA) is 111 Å². The molecule has 0 unspecified atom stereocenters. The predicted octanol–water partition coefficient (Wildman–Crippen LogP) is 3.85. The Morgan fingerprint density at radius 2 is 1.92 bits per heavy atom. The zero-order valence-corrected chi connectivity index (χ0v) is 20.2. The second-order valence-corrected chi connectivity index (χ2v) is 11.3. The van der Waals surface area contributed by atoms with Gasteiger partial charge in [0, 0.05) is 42.6 Å². The van der Waals surface area contributed by atoms with Gasteiger partial charge in [-0.25, -0.2) is 22.8 Å². The molecule has 4 aromatic rings. The van der Waals surface area contributed by atoms with Crippen LogP contribution in [0.2, 0.25) is 0 Å². The van der Waals surface area contributed by atoms with Crippen molar-refractivity contribution in [3.05, 3.63) is 60.6 Å². The first kappa shape index (κ1) is 22.6. The monoisotopic (exact) mass is 507 g/mol. The third kappa shape index (κ3) is 3.98. The molecule has 3 aromatic heterocycles. The smallest absolute Gasteiger partial charge is 0.230 e. The Bertz CT molecular complexity index is 1630. The molecule has 9 nitrogen and oxygen atoms in total. The number of rotatable bonds is 4. The minimum atomic E-state index is -3.06. The lowest BCUT2D eigenvalue weighted by atomic mass is 10.0. The van der Waals surface area contributed by atoms with E-state index in [1.807, 2.05) is 12.3 Å². The highest BCUT2D eigenvalue weighted by molar-refractivity contribution is 7.92.